The summed E-state index contributed by atoms with van der Waals surface area (Å²) in [7, 11) is -7.05. The summed E-state index contributed by atoms with van der Waals surface area (Å²) in [6.07, 6.45) is -30.9. The van der Waals surface area contributed by atoms with Gasteiger partial charge in [-0.3, -0.25) is 14.1 Å². The molecule has 7 nitrogen and oxygen atoms in total. The topological polar surface area (TPSA) is 129 Å². The molecule has 0 fully saturated rings. The molecular formula is C12H10F12O7S. The zero-order valence-corrected chi connectivity index (χ0v) is 15.4. The predicted molar refractivity (Wildman–Crippen MR) is 74.1 cm³/mol. The van der Waals surface area contributed by atoms with Crippen LogP contribution in [0.15, 0.2) is 0 Å². The van der Waals surface area contributed by atoms with Crippen molar-refractivity contribution >= 4 is 22.1 Å². The van der Waals surface area contributed by atoms with E-state index in [1.165, 1.54) is 0 Å². The van der Waals surface area contributed by atoms with Gasteiger partial charge in [-0.1, -0.05) is 0 Å². The van der Waals surface area contributed by atoms with Crippen LogP contribution in [0.3, 0.4) is 0 Å². The third kappa shape index (κ3) is 6.07. The fourth-order valence-electron chi connectivity index (χ4n) is 2.48. The van der Waals surface area contributed by atoms with Crippen molar-refractivity contribution in [1.82, 2.24) is 0 Å². The van der Waals surface area contributed by atoms with Crippen molar-refractivity contribution in [2.24, 2.45) is 5.92 Å². The number of aliphatic carboxylic acids is 2. The molecule has 0 amide bonds. The minimum absolute atomic E-state index is 3.29. The van der Waals surface area contributed by atoms with Gasteiger partial charge in [-0.05, 0) is 0 Å². The molecule has 0 saturated heterocycles. The zero-order valence-electron chi connectivity index (χ0n) is 14.6. The number of carboxylic acid groups (broad SMARTS) is 2. The van der Waals surface area contributed by atoms with E-state index in [-0.39, 0.29) is 0 Å². The van der Waals surface area contributed by atoms with Gasteiger partial charge in [-0.2, -0.15) is 34.8 Å². The van der Waals surface area contributed by atoms with Crippen LogP contribution < -0.4 is 0 Å². The van der Waals surface area contributed by atoms with Gasteiger partial charge >= 0.3 is 24.3 Å². The molecule has 0 aliphatic heterocycles. The molecule has 0 aromatic rings. The average molecular weight is 526 g/mol. The van der Waals surface area contributed by atoms with Gasteiger partial charge in [0, 0.05) is 12.8 Å². The van der Waals surface area contributed by atoms with Crippen LogP contribution in [0.1, 0.15) is 12.8 Å². The fraction of sp³-hybridized carbons (Fsp3) is 0.833. The molecule has 0 rings (SSSR count). The summed E-state index contributed by atoms with van der Waals surface area (Å²) < 4.78 is 181. The zero-order chi connectivity index (χ0) is 26.3. The maximum Gasteiger partial charge on any atom is 0.425 e. The fourth-order valence-corrected chi connectivity index (χ4v) is 3.61. The van der Waals surface area contributed by atoms with E-state index in [2.05, 4.69) is 0 Å². The molecule has 0 aliphatic rings. The summed E-state index contributed by atoms with van der Waals surface area (Å²) >= 11 is 0. The van der Waals surface area contributed by atoms with E-state index in [1.807, 2.05) is 0 Å². The lowest BCUT2D eigenvalue weighted by Crippen LogP contribution is -2.61. The van der Waals surface area contributed by atoms with Crippen LogP contribution in [-0.2, 0) is 19.7 Å². The van der Waals surface area contributed by atoms with E-state index in [1.54, 1.807) is 0 Å². The Labute approximate surface area is 168 Å². The van der Waals surface area contributed by atoms with Crippen LogP contribution in [0.5, 0.6) is 0 Å². The minimum atomic E-state index is -7.05. The summed E-state index contributed by atoms with van der Waals surface area (Å²) in [5.74, 6) is -23.5. The number of alkyl halides is 12. The quantitative estimate of drug-likeness (QED) is 0.295. The van der Waals surface area contributed by atoms with Crippen LogP contribution >= 0.6 is 0 Å². The highest BCUT2D eigenvalue weighted by Gasteiger charge is 2.70. The average Bonchev–Trinajstić information content (AvgIpc) is 2.53. The predicted octanol–water partition coefficient (Wildman–Crippen LogP) is 3.25. The second-order valence-corrected chi connectivity index (χ2v) is 7.95. The van der Waals surface area contributed by atoms with Gasteiger partial charge in [0.05, 0.1) is 5.92 Å². The Kier molecular flexibility index (Phi) is 8.20. The minimum Gasteiger partial charge on any atom is -0.481 e. The molecule has 20 heteroatoms. The van der Waals surface area contributed by atoms with Crippen LogP contribution in [0.2, 0.25) is 0 Å². The summed E-state index contributed by atoms with van der Waals surface area (Å²) in [5, 5.41) is 17.7. The van der Waals surface area contributed by atoms with Crippen LogP contribution in [0.4, 0.5) is 52.7 Å². The SMILES string of the molecule is O=C(O)C(CC(F)(F)C(F)C(F)(F)F)C(CC(F)(F)C(F)C(F)(F)F)(C(=O)O)S(=O)(=O)O. The molecule has 0 spiro atoms. The van der Waals surface area contributed by atoms with E-state index in [0.29, 0.717) is 0 Å². The van der Waals surface area contributed by atoms with Crippen molar-refractivity contribution in [3.8, 4) is 0 Å². The third-order valence-corrected chi connectivity index (χ3v) is 5.50. The van der Waals surface area contributed by atoms with Crippen LogP contribution in [0.25, 0.3) is 0 Å². The number of hydrogen-bond donors (Lipinski definition) is 3. The van der Waals surface area contributed by atoms with Gasteiger partial charge in [0.2, 0.25) is 4.75 Å². The molecule has 0 bridgehead atoms. The van der Waals surface area contributed by atoms with Crippen LogP contribution in [0, 0.1) is 5.92 Å². The molecule has 0 radical (unpaired) electrons. The first-order valence-electron chi connectivity index (χ1n) is 7.35. The molecule has 3 N–H and O–H groups in total. The standard InChI is InChI=1S/C12H10F12O7S/c13-5(11(19,20)21)9(15,16)1-3(4(25)26)8(7(27)28,32(29,30)31)2-10(17,18)6(14)12(22,23)24/h3,5-6H,1-2H2,(H,25,26)(H,27,28)(H,29,30,31). The van der Waals surface area contributed by atoms with Crippen molar-refractivity contribution in [3.05, 3.63) is 0 Å². The van der Waals surface area contributed by atoms with Crippen molar-refractivity contribution in [2.45, 2.75) is 54.1 Å². The van der Waals surface area contributed by atoms with E-state index in [9.17, 15) is 70.7 Å². The highest BCUT2D eigenvalue weighted by atomic mass is 32.2. The van der Waals surface area contributed by atoms with Crippen molar-refractivity contribution in [3.63, 3.8) is 0 Å². The number of carbonyl (C=O) groups is 2. The van der Waals surface area contributed by atoms with Gasteiger partial charge in [0.1, 0.15) is 0 Å². The molecule has 4 unspecified atom stereocenters. The van der Waals surface area contributed by atoms with Gasteiger partial charge < -0.3 is 10.2 Å². The van der Waals surface area contributed by atoms with E-state index >= 15 is 0 Å². The number of carboxylic acids is 2. The van der Waals surface area contributed by atoms with E-state index in [4.69, 9.17) is 14.8 Å². The third-order valence-electron chi connectivity index (χ3n) is 3.97. The Morgan fingerprint density at radius 2 is 1.09 bits per heavy atom. The Morgan fingerprint density at radius 1 is 0.750 bits per heavy atom. The molecule has 190 valence electrons. The van der Waals surface area contributed by atoms with E-state index in [0.717, 1.165) is 0 Å². The number of hydrogen-bond acceptors (Lipinski definition) is 4. The Bertz CT molecular complexity index is 821. The molecule has 0 aromatic heterocycles. The second-order valence-electron chi connectivity index (χ2n) is 6.27. The lowest BCUT2D eigenvalue weighted by Gasteiger charge is -2.37. The van der Waals surface area contributed by atoms with Crippen molar-refractivity contribution in [1.29, 1.82) is 0 Å². The smallest absolute Gasteiger partial charge is 0.425 e. The normalized spacial score (nSPS) is 19.0. The Balaban J connectivity index is 6.95. The van der Waals surface area contributed by atoms with Crippen molar-refractivity contribution in [2.75, 3.05) is 0 Å². The summed E-state index contributed by atoms with van der Waals surface area (Å²) in [5.41, 5.74) is 0. The molecular weight excluding hydrogens is 516 g/mol. The van der Waals surface area contributed by atoms with Gasteiger partial charge in [0.25, 0.3) is 34.3 Å². The van der Waals surface area contributed by atoms with Gasteiger partial charge in [-0.15, -0.1) is 0 Å². The molecule has 0 saturated carbocycles. The Morgan fingerprint density at radius 3 is 1.34 bits per heavy atom. The first-order chi connectivity index (χ1) is 13.7. The first-order valence-corrected chi connectivity index (χ1v) is 8.79. The first kappa shape index (κ1) is 30.0. The molecule has 0 aromatic carbocycles. The highest BCUT2D eigenvalue weighted by molar-refractivity contribution is 7.88. The molecule has 0 aliphatic carbocycles. The lowest BCUT2D eigenvalue weighted by molar-refractivity contribution is -0.254. The highest BCUT2D eigenvalue weighted by Crippen LogP contribution is 2.48. The van der Waals surface area contributed by atoms with Gasteiger partial charge in [-0.25, -0.2) is 26.3 Å². The number of rotatable bonds is 10. The maximum absolute atomic E-state index is 13.7. The second kappa shape index (κ2) is 8.75. The maximum atomic E-state index is 13.7. The van der Waals surface area contributed by atoms with E-state index < -0.39 is 82.1 Å². The molecule has 0 heterocycles. The van der Waals surface area contributed by atoms with Gasteiger partial charge in [0.15, 0.2) is 0 Å². The molecule has 32 heavy (non-hydrogen) atoms. The number of halogens is 12. The van der Waals surface area contributed by atoms with Crippen molar-refractivity contribution < 1.29 is 85.5 Å². The monoisotopic (exact) mass is 526 g/mol. The molecule has 4 atom stereocenters. The lowest BCUT2D eigenvalue weighted by atomic mass is 9.80. The van der Waals surface area contributed by atoms with Crippen LogP contribution in [-0.4, -0.2) is 76.4 Å². The summed E-state index contributed by atoms with van der Waals surface area (Å²) in [6, 6.07) is 0. The summed E-state index contributed by atoms with van der Waals surface area (Å²) in [6.45, 7) is 0. The largest absolute Gasteiger partial charge is 0.481 e. The summed E-state index contributed by atoms with van der Waals surface area (Å²) in [4.78, 5) is 22.5. The Hall–Kier alpha value is -1.99.